The molecule has 2 rings (SSSR count). The Balaban J connectivity index is 3.01. The second kappa shape index (κ2) is 3.27. The zero-order chi connectivity index (χ0) is 9.42. The molecule has 0 bridgehead atoms. The maximum absolute atomic E-state index is 11.4. The smallest absolute Gasteiger partial charge is 0.255 e. The first-order valence-electron chi connectivity index (χ1n) is 3.65. The molecule has 0 atom stereocenters. The number of H-pyrrole nitrogens is 1. The third-order valence-electron chi connectivity index (χ3n) is 1.81. The van der Waals surface area contributed by atoms with Crippen LogP contribution in [-0.4, -0.2) is 4.98 Å². The van der Waals surface area contributed by atoms with Crippen LogP contribution in [0.3, 0.4) is 0 Å². The molecule has 1 heterocycles. The molecule has 0 unspecified atom stereocenters. The summed E-state index contributed by atoms with van der Waals surface area (Å²) >= 11 is 6.69. The molecular formula is C9H5Br2NO. The normalized spacial score (nSPS) is 10.6. The quantitative estimate of drug-likeness (QED) is 0.797. The van der Waals surface area contributed by atoms with E-state index in [1.807, 2.05) is 12.1 Å². The molecule has 0 fully saturated rings. The summed E-state index contributed by atoms with van der Waals surface area (Å²) in [6.07, 6.45) is 1.65. The number of hydrogen-bond acceptors (Lipinski definition) is 1. The Hall–Kier alpha value is -0.610. The summed E-state index contributed by atoms with van der Waals surface area (Å²) in [7, 11) is 0. The van der Waals surface area contributed by atoms with E-state index in [1.54, 1.807) is 12.3 Å². The van der Waals surface area contributed by atoms with Gasteiger partial charge in [0.1, 0.15) is 0 Å². The van der Waals surface area contributed by atoms with Crippen molar-refractivity contribution in [2.75, 3.05) is 0 Å². The van der Waals surface area contributed by atoms with Gasteiger partial charge in [-0.1, -0.05) is 22.0 Å². The molecule has 66 valence electrons. The van der Waals surface area contributed by atoms with Gasteiger partial charge in [-0.05, 0) is 28.1 Å². The molecule has 1 aromatic heterocycles. The second-order valence-electron chi connectivity index (χ2n) is 2.66. The third-order valence-corrected chi connectivity index (χ3v) is 2.96. The molecule has 0 radical (unpaired) electrons. The number of halogens is 2. The molecule has 0 spiro atoms. The van der Waals surface area contributed by atoms with E-state index >= 15 is 0 Å². The molecule has 0 aliphatic rings. The molecule has 0 amide bonds. The minimum Gasteiger partial charge on any atom is -0.327 e. The largest absolute Gasteiger partial charge is 0.327 e. The average molecular weight is 303 g/mol. The van der Waals surface area contributed by atoms with Crippen LogP contribution in [0.25, 0.3) is 10.8 Å². The van der Waals surface area contributed by atoms with Crippen LogP contribution in [0.1, 0.15) is 0 Å². The van der Waals surface area contributed by atoms with Crippen molar-refractivity contribution in [1.82, 2.24) is 4.98 Å². The van der Waals surface area contributed by atoms with Crippen molar-refractivity contribution in [2.45, 2.75) is 0 Å². The van der Waals surface area contributed by atoms with E-state index in [0.29, 0.717) is 5.39 Å². The number of rotatable bonds is 0. The zero-order valence-corrected chi connectivity index (χ0v) is 9.65. The van der Waals surface area contributed by atoms with Gasteiger partial charge < -0.3 is 4.98 Å². The van der Waals surface area contributed by atoms with Crippen molar-refractivity contribution in [1.29, 1.82) is 0 Å². The first-order chi connectivity index (χ1) is 6.18. The van der Waals surface area contributed by atoms with Crippen molar-refractivity contribution in [3.63, 3.8) is 0 Å². The first-order valence-corrected chi connectivity index (χ1v) is 5.23. The minimum atomic E-state index is -0.0699. The lowest BCUT2D eigenvalue weighted by Crippen LogP contribution is -2.04. The Morgan fingerprint density at radius 1 is 1.15 bits per heavy atom. The van der Waals surface area contributed by atoms with Crippen molar-refractivity contribution < 1.29 is 0 Å². The van der Waals surface area contributed by atoms with Gasteiger partial charge in [-0.15, -0.1) is 0 Å². The number of nitrogens with one attached hydrogen (secondary N) is 1. The van der Waals surface area contributed by atoms with Gasteiger partial charge in [0.25, 0.3) is 5.56 Å². The van der Waals surface area contributed by atoms with Crippen LogP contribution in [0.15, 0.2) is 38.1 Å². The molecule has 0 aliphatic carbocycles. The fourth-order valence-corrected chi connectivity index (χ4v) is 2.02. The molecule has 4 heteroatoms. The highest BCUT2D eigenvalue weighted by Crippen LogP contribution is 2.22. The van der Waals surface area contributed by atoms with E-state index in [9.17, 15) is 4.79 Å². The summed E-state index contributed by atoms with van der Waals surface area (Å²) in [5.74, 6) is 0. The Morgan fingerprint density at radius 2 is 1.92 bits per heavy atom. The number of aromatic amines is 1. The van der Waals surface area contributed by atoms with Crippen molar-refractivity contribution >= 4 is 42.6 Å². The lowest BCUT2D eigenvalue weighted by molar-refractivity contribution is 1.26. The first kappa shape index (κ1) is 8.97. The predicted octanol–water partition coefficient (Wildman–Crippen LogP) is 3.05. The van der Waals surface area contributed by atoms with E-state index in [1.165, 1.54) is 0 Å². The third kappa shape index (κ3) is 1.56. The standard InChI is InChI=1S/C9H5Br2NO/c10-5-1-2-6-7(3-5)9(13)12-4-8(6)11/h1-4H,(H,12,13). The van der Waals surface area contributed by atoms with E-state index in [-0.39, 0.29) is 5.56 Å². The van der Waals surface area contributed by atoms with Crippen LogP contribution >= 0.6 is 31.9 Å². The molecule has 0 aliphatic heterocycles. The van der Waals surface area contributed by atoms with Crippen molar-refractivity contribution in [3.05, 3.63) is 43.7 Å². The van der Waals surface area contributed by atoms with Gasteiger partial charge in [0.15, 0.2) is 0 Å². The van der Waals surface area contributed by atoms with Crippen LogP contribution < -0.4 is 5.56 Å². The summed E-state index contributed by atoms with van der Waals surface area (Å²) in [5, 5.41) is 1.61. The number of pyridine rings is 1. The van der Waals surface area contributed by atoms with Gasteiger partial charge in [0.2, 0.25) is 0 Å². The summed E-state index contributed by atoms with van der Waals surface area (Å²) in [4.78, 5) is 14.0. The monoisotopic (exact) mass is 301 g/mol. The molecule has 13 heavy (non-hydrogen) atoms. The van der Waals surface area contributed by atoms with E-state index in [4.69, 9.17) is 0 Å². The fourth-order valence-electron chi connectivity index (χ4n) is 1.20. The number of benzene rings is 1. The summed E-state index contributed by atoms with van der Waals surface area (Å²) < 4.78 is 1.80. The number of fused-ring (bicyclic) bond motifs is 1. The average Bonchev–Trinajstić information content (AvgIpc) is 2.12. The molecular weight excluding hydrogens is 298 g/mol. The maximum atomic E-state index is 11.4. The summed E-state index contributed by atoms with van der Waals surface area (Å²) in [6.45, 7) is 0. The molecule has 2 nitrogen and oxygen atoms in total. The second-order valence-corrected chi connectivity index (χ2v) is 4.43. The van der Waals surface area contributed by atoms with E-state index in [0.717, 1.165) is 14.3 Å². The van der Waals surface area contributed by atoms with Crippen molar-refractivity contribution in [3.8, 4) is 0 Å². The Kier molecular flexibility index (Phi) is 2.26. The van der Waals surface area contributed by atoms with Crippen molar-refractivity contribution in [2.24, 2.45) is 0 Å². The number of hydrogen-bond donors (Lipinski definition) is 1. The predicted molar refractivity (Wildman–Crippen MR) is 60.0 cm³/mol. The Bertz CT molecular complexity index is 518. The van der Waals surface area contributed by atoms with Gasteiger partial charge in [0, 0.05) is 25.9 Å². The Morgan fingerprint density at radius 3 is 2.69 bits per heavy atom. The van der Waals surface area contributed by atoms with Gasteiger partial charge in [-0.25, -0.2) is 0 Å². The fraction of sp³-hybridized carbons (Fsp3) is 0. The van der Waals surface area contributed by atoms with Gasteiger partial charge in [-0.2, -0.15) is 0 Å². The van der Waals surface area contributed by atoms with Gasteiger partial charge in [-0.3, -0.25) is 4.79 Å². The van der Waals surface area contributed by atoms with Crippen LogP contribution in [0.2, 0.25) is 0 Å². The highest BCUT2D eigenvalue weighted by molar-refractivity contribution is 9.11. The molecule has 1 aromatic carbocycles. The van der Waals surface area contributed by atoms with Crippen LogP contribution in [0.5, 0.6) is 0 Å². The maximum Gasteiger partial charge on any atom is 0.255 e. The number of aromatic nitrogens is 1. The lowest BCUT2D eigenvalue weighted by Gasteiger charge is -1.99. The SMILES string of the molecule is O=c1[nH]cc(Br)c2ccc(Br)cc12. The summed E-state index contributed by atoms with van der Waals surface area (Å²) in [5.41, 5.74) is -0.0699. The van der Waals surface area contributed by atoms with E-state index in [2.05, 4.69) is 36.8 Å². The lowest BCUT2D eigenvalue weighted by atomic mass is 10.2. The highest BCUT2D eigenvalue weighted by atomic mass is 79.9. The molecule has 2 aromatic rings. The minimum absolute atomic E-state index is 0.0699. The molecule has 1 N–H and O–H groups in total. The van der Waals surface area contributed by atoms with Crippen LogP contribution in [0.4, 0.5) is 0 Å². The van der Waals surface area contributed by atoms with Gasteiger partial charge in [0.05, 0.1) is 0 Å². The zero-order valence-electron chi connectivity index (χ0n) is 6.47. The van der Waals surface area contributed by atoms with Gasteiger partial charge >= 0.3 is 0 Å². The highest BCUT2D eigenvalue weighted by Gasteiger charge is 2.02. The van der Waals surface area contributed by atoms with E-state index < -0.39 is 0 Å². The molecule has 0 saturated carbocycles. The van der Waals surface area contributed by atoms with Crippen LogP contribution in [-0.2, 0) is 0 Å². The van der Waals surface area contributed by atoms with Crippen LogP contribution in [0, 0.1) is 0 Å². The topological polar surface area (TPSA) is 32.9 Å². The summed E-state index contributed by atoms with van der Waals surface area (Å²) in [6, 6.07) is 5.62. The Labute approximate surface area is 91.2 Å². The molecule has 0 saturated heterocycles.